The van der Waals surface area contributed by atoms with E-state index in [9.17, 15) is 13.2 Å². The molecule has 0 bridgehead atoms. The highest BCUT2D eigenvalue weighted by atomic mass is 35.5. The van der Waals surface area contributed by atoms with E-state index in [-0.39, 0.29) is 42.4 Å². The molecule has 1 saturated heterocycles. The zero-order valence-electron chi connectivity index (χ0n) is 10.1. The average molecular weight is 285 g/mol. The summed E-state index contributed by atoms with van der Waals surface area (Å²) >= 11 is 0. The average Bonchev–Trinajstić information content (AvgIpc) is 2.70. The highest BCUT2D eigenvalue weighted by molar-refractivity contribution is 7.91. The Hall–Kier alpha value is -0.330. The SMILES string of the molecule is CCS(=O)(=O)CCNC(=O)CC1CCCN1.Cl. The van der Waals surface area contributed by atoms with Crippen LogP contribution in [0.3, 0.4) is 0 Å². The lowest BCUT2D eigenvalue weighted by Crippen LogP contribution is -2.34. The van der Waals surface area contributed by atoms with Crippen molar-refractivity contribution < 1.29 is 13.2 Å². The van der Waals surface area contributed by atoms with Crippen LogP contribution in [-0.4, -0.2) is 45.0 Å². The molecule has 1 amide bonds. The van der Waals surface area contributed by atoms with Crippen molar-refractivity contribution >= 4 is 28.2 Å². The summed E-state index contributed by atoms with van der Waals surface area (Å²) in [4.78, 5) is 11.4. The van der Waals surface area contributed by atoms with Gasteiger partial charge in [-0.3, -0.25) is 4.79 Å². The lowest BCUT2D eigenvalue weighted by molar-refractivity contribution is -0.121. The van der Waals surface area contributed by atoms with E-state index in [0.29, 0.717) is 6.42 Å². The van der Waals surface area contributed by atoms with Crippen molar-refractivity contribution in [2.75, 3.05) is 24.6 Å². The Labute approximate surface area is 109 Å². The fourth-order valence-corrected chi connectivity index (χ4v) is 2.42. The summed E-state index contributed by atoms with van der Waals surface area (Å²) in [5.74, 6) is 0.103. The Morgan fingerprint density at radius 3 is 2.71 bits per heavy atom. The second kappa shape index (κ2) is 7.89. The van der Waals surface area contributed by atoms with Crippen molar-refractivity contribution in [1.29, 1.82) is 0 Å². The van der Waals surface area contributed by atoms with E-state index < -0.39 is 9.84 Å². The van der Waals surface area contributed by atoms with Gasteiger partial charge in [0.2, 0.25) is 5.91 Å². The van der Waals surface area contributed by atoms with Crippen molar-refractivity contribution in [2.45, 2.75) is 32.2 Å². The largest absolute Gasteiger partial charge is 0.355 e. The first-order chi connectivity index (χ1) is 7.53. The van der Waals surface area contributed by atoms with E-state index in [1.165, 1.54) is 0 Å². The topological polar surface area (TPSA) is 75.3 Å². The van der Waals surface area contributed by atoms with Crippen LogP contribution in [0.2, 0.25) is 0 Å². The predicted octanol–water partition coefficient (Wildman–Crippen LogP) is 0.101. The van der Waals surface area contributed by atoms with Crippen molar-refractivity contribution in [3.8, 4) is 0 Å². The zero-order valence-corrected chi connectivity index (χ0v) is 11.7. The van der Waals surface area contributed by atoms with Crippen LogP contribution < -0.4 is 10.6 Å². The maximum Gasteiger partial charge on any atom is 0.221 e. The van der Waals surface area contributed by atoms with Crippen molar-refractivity contribution in [3.05, 3.63) is 0 Å². The van der Waals surface area contributed by atoms with Gasteiger partial charge in [-0.15, -0.1) is 12.4 Å². The minimum Gasteiger partial charge on any atom is -0.355 e. The molecule has 0 aliphatic carbocycles. The highest BCUT2D eigenvalue weighted by Gasteiger charge is 2.17. The summed E-state index contributed by atoms with van der Waals surface area (Å²) in [5, 5.41) is 5.87. The molecule has 1 unspecified atom stereocenters. The molecular weight excluding hydrogens is 264 g/mol. The number of hydrogen-bond acceptors (Lipinski definition) is 4. The minimum atomic E-state index is -2.97. The fourth-order valence-electron chi connectivity index (χ4n) is 1.72. The molecule has 1 atom stereocenters. The third kappa shape index (κ3) is 6.85. The molecule has 1 fully saturated rings. The van der Waals surface area contributed by atoms with Gasteiger partial charge in [0, 0.05) is 24.8 Å². The third-order valence-corrected chi connectivity index (χ3v) is 4.48. The van der Waals surface area contributed by atoms with Gasteiger partial charge < -0.3 is 10.6 Å². The third-order valence-electron chi connectivity index (χ3n) is 2.77. The summed E-state index contributed by atoms with van der Waals surface area (Å²) in [5.41, 5.74) is 0. The van der Waals surface area contributed by atoms with E-state index in [4.69, 9.17) is 0 Å². The minimum absolute atomic E-state index is 0. The number of carbonyl (C=O) groups excluding carboxylic acids is 1. The molecule has 0 aromatic heterocycles. The molecule has 2 N–H and O–H groups in total. The van der Waals surface area contributed by atoms with Crippen LogP contribution in [0.15, 0.2) is 0 Å². The molecule has 0 spiro atoms. The molecule has 0 radical (unpaired) electrons. The van der Waals surface area contributed by atoms with Crippen LogP contribution in [0.25, 0.3) is 0 Å². The van der Waals surface area contributed by atoms with Crippen LogP contribution >= 0.6 is 12.4 Å². The quantitative estimate of drug-likeness (QED) is 0.725. The maximum absolute atomic E-state index is 11.4. The summed E-state index contributed by atoms with van der Waals surface area (Å²) in [6.07, 6.45) is 2.59. The summed E-state index contributed by atoms with van der Waals surface area (Å²) in [6.45, 7) is 2.81. The lowest BCUT2D eigenvalue weighted by Gasteiger charge is -2.10. The number of amides is 1. The van der Waals surface area contributed by atoms with E-state index in [1.807, 2.05) is 0 Å². The van der Waals surface area contributed by atoms with Gasteiger partial charge in [-0.25, -0.2) is 8.42 Å². The van der Waals surface area contributed by atoms with Crippen LogP contribution in [0.5, 0.6) is 0 Å². The van der Waals surface area contributed by atoms with Gasteiger partial charge in [-0.2, -0.15) is 0 Å². The second-order valence-electron chi connectivity index (χ2n) is 4.08. The van der Waals surface area contributed by atoms with Crippen LogP contribution in [-0.2, 0) is 14.6 Å². The Balaban J connectivity index is 0.00000256. The monoisotopic (exact) mass is 284 g/mol. The number of sulfone groups is 1. The first-order valence-corrected chi connectivity index (χ1v) is 7.56. The summed E-state index contributed by atoms with van der Waals surface area (Å²) in [7, 11) is -2.97. The molecule has 5 nitrogen and oxygen atoms in total. The zero-order chi connectivity index (χ0) is 12.0. The van der Waals surface area contributed by atoms with Gasteiger partial charge in [0.1, 0.15) is 0 Å². The number of hydrogen-bond donors (Lipinski definition) is 2. The Bertz CT molecular complexity index is 326. The van der Waals surface area contributed by atoms with Crippen LogP contribution in [0.4, 0.5) is 0 Å². The summed E-state index contributed by atoms with van der Waals surface area (Å²) in [6, 6.07) is 0.266. The normalized spacial score (nSPS) is 19.7. The first kappa shape index (κ1) is 16.7. The number of nitrogens with one attached hydrogen (secondary N) is 2. The Kier molecular flexibility index (Phi) is 7.74. The van der Waals surface area contributed by atoms with E-state index in [1.54, 1.807) is 6.92 Å². The molecule has 0 aromatic rings. The molecule has 1 aliphatic rings. The highest BCUT2D eigenvalue weighted by Crippen LogP contribution is 2.07. The molecule has 1 rings (SSSR count). The molecule has 17 heavy (non-hydrogen) atoms. The van der Waals surface area contributed by atoms with E-state index in [2.05, 4.69) is 10.6 Å². The first-order valence-electron chi connectivity index (χ1n) is 5.74. The van der Waals surface area contributed by atoms with Gasteiger partial charge in [0.15, 0.2) is 9.84 Å². The standard InChI is InChI=1S/C10H20N2O3S.ClH/c1-2-16(14,15)7-6-12-10(13)8-9-4-3-5-11-9;/h9,11H,2-8H2,1H3,(H,12,13);1H. The van der Waals surface area contributed by atoms with Crippen molar-refractivity contribution in [1.82, 2.24) is 10.6 Å². The van der Waals surface area contributed by atoms with Gasteiger partial charge in [-0.1, -0.05) is 6.92 Å². The molecular formula is C10H21ClN2O3S. The van der Waals surface area contributed by atoms with Gasteiger partial charge in [-0.05, 0) is 19.4 Å². The van der Waals surface area contributed by atoms with E-state index >= 15 is 0 Å². The Morgan fingerprint density at radius 1 is 1.47 bits per heavy atom. The van der Waals surface area contributed by atoms with Gasteiger partial charge >= 0.3 is 0 Å². The van der Waals surface area contributed by atoms with Crippen molar-refractivity contribution in [2.24, 2.45) is 0 Å². The number of halogens is 1. The molecule has 1 aliphatic heterocycles. The predicted molar refractivity (Wildman–Crippen MR) is 70.2 cm³/mol. The van der Waals surface area contributed by atoms with Gasteiger partial charge in [0.25, 0.3) is 0 Å². The fraction of sp³-hybridized carbons (Fsp3) is 0.900. The molecule has 1 heterocycles. The van der Waals surface area contributed by atoms with Gasteiger partial charge in [0.05, 0.1) is 5.75 Å². The van der Waals surface area contributed by atoms with Crippen LogP contribution in [0.1, 0.15) is 26.2 Å². The number of carbonyl (C=O) groups is 1. The second-order valence-corrected chi connectivity index (χ2v) is 6.56. The lowest BCUT2D eigenvalue weighted by atomic mass is 10.1. The molecule has 7 heteroatoms. The van der Waals surface area contributed by atoms with Crippen LogP contribution in [0, 0.1) is 0 Å². The number of rotatable bonds is 6. The van der Waals surface area contributed by atoms with Crippen molar-refractivity contribution in [3.63, 3.8) is 0 Å². The molecule has 0 aromatic carbocycles. The van der Waals surface area contributed by atoms with E-state index in [0.717, 1.165) is 19.4 Å². The summed E-state index contributed by atoms with van der Waals surface area (Å²) < 4.78 is 22.3. The molecule has 0 saturated carbocycles. The molecule has 102 valence electrons. The maximum atomic E-state index is 11.4. The smallest absolute Gasteiger partial charge is 0.221 e. The Morgan fingerprint density at radius 2 is 2.18 bits per heavy atom.